The third kappa shape index (κ3) is 4.54. The number of hydrogen-bond donors (Lipinski definition) is 2. The van der Waals surface area contributed by atoms with Crippen molar-refractivity contribution >= 4 is 33.9 Å². The SMILES string of the molecule is COc1ccccc1Nc1c2c(nc3ccc(NC(=O)C4CCC(C)CC4)cc13)CCCC2. The van der Waals surface area contributed by atoms with Crippen LogP contribution in [-0.2, 0) is 17.6 Å². The van der Waals surface area contributed by atoms with Gasteiger partial charge in [-0.25, -0.2) is 0 Å². The molecule has 1 amide bonds. The number of carbonyl (C=O) groups excluding carboxylic acids is 1. The summed E-state index contributed by atoms with van der Waals surface area (Å²) in [6.45, 7) is 2.28. The number of pyridine rings is 1. The van der Waals surface area contributed by atoms with Gasteiger partial charge >= 0.3 is 0 Å². The van der Waals surface area contributed by atoms with Gasteiger partial charge in [-0.05, 0) is 93.2 Å². The maximum atomic E-state index is 12.9. The van der Waals surface area contributed by atoms with Crippen molar-refractivity contribution in [3.63, 3.8) is 0 Å². The Morgan fingerprint density at radius 2 is 1.82 bits per heavy atom. The summed E-state index contributed by atoms with van der Waals surface area (Å²) in [5.74, 6) is 1.80. The van der Waals surface area contributed by atoms with Crippen molar-refractivity contribution in [1.29, 1.82) is 0 Å². The van der Waals surface area contributed by atoms with Crippen molar-refractivity contribution in [3.8, 4) is 5.75 Å². The summed E-state index contributed by atoms with van der Waals surface area (Å²) in [5.41, 5.74) is 6.28. The second-order valence-electron chi connectivity index (χ2n) is 9.62. The molecule has 2 N–H and O–H groups in total. The smallest absolute Gasteiger partial charge is 0.227 e. The number of benzene rings is 2. The van der Waals surface area contributed by atoms with Crippen molar-refractivity contribution in [2.75, 3.05) is 17.7 Å². The zero-order valence-electron chi connectivity index (χ0n) is 19.6. The number of nitrogens with one attached hydrogen (secondary N) is 2. The van der Waals surface area contributed by atoms with Crippen LogP contribution in [0.1, 0.15) is 56.7 Å². The number of nitrogens with zero attached hydrogens (tertiary/aromatic N) is 1. The number of carbonyl (C=O) groups is 1. The summed E-state index contributed by atoms with van der Waals surface area (Å²) < 4.78 is 5.59. The van der Waals surface area contributed by atoms with Crippen LogP contribution in [0.25, 0.3) is 10.9 Å². The molecule has 0 bridgehead atoms. The Balaban J connectivity index is 1.51. The predicted octanol–water partition coefficient (Wildman–Crippen LogP) is 6.63. The van der Waals surface area contributed by atoms with Crippen LogP contribution >= 0.6 is 0 Å². The Kier molecular flexibility index (Phi) is 6.21. The predicted molar refractivity (Wildman–Crippen MR) is 134 cm³/mol. The molecule has 0 saturated heterocycles. The molecule has 2 aromatic carbocycles. The van der Waals surface area contributed by atoms with E-state index in [1.807, 2.05) is 36.4 Å². The van der Waals surface area contributed by atoms with E-state index < -0.39 is 0 Å². The molecule has 0 unspecified atom stereocenters. The van der Waals surface area contributed by atoms with Gasteiger partial charge in [-0.1, -0.05) is 19.1 Å². The van der Waals surface area contributed by atoms with Crippen LogP contribution in [-0.4, -0.2) is 18.0 Å². The van der Waals surface area contributed by atoms with E-state index in [1.54, 1.807) is 7.11 Å². The Hall–Kier alpha value is -3.08. The molecule has 5 nitrogen and oxygen atoms in total. The van der Waals surface area contributed by atoms with Crippen molar-refractivity contribution < 1.29 is 9.53 Å². The van der Waals surface area contributed by atoms with Crippen LogP contribution in [0.2, 0.25) is 0 Å². The fourth-order valence-corrected chi connectivity index (χ4v) is 5.29. The fourth-order valence-electron chi connectivity index (χ4n) is 5.29. The van der Waals surface area contributed by atoms with Crippen LogP contribution in [0.3, 0.4) is 0 Å². The molecule has 3 aromatic rings. The first-order valence-electron chi connectivity index (χ1n) is 12.3. The molecule has 0 atom stereocenters. The number of aromatic nitrogens is 1. The van der Waals surface area contributed by atoms with Crippen LogP contribution in [0.4, 0.5) is 17.1 Å². The third-order valence-corrected chi connectivity index (χ3v) is 7.28. The molecule has 172 valence electrons. The Morgan fingerprint density at radius 1 is 1.03 bits per heavy atom. The first kappa shape index (κ1) is 21.7. The molecule has 1 fully saturated rings. The Morgan fingerprint density at radius 3 is 2.64 bits per heavy atom. The number of fused-ring (bicyclic) bond motifs is 2. The minimum Gasteiger partial charge on any atom is -0.495 e. The van der Waals surface area contributed by atoms with E-state index >= 15 is 0 Å². The molecule has 2 aliphatic rings. The molecule has 0 spiro atoms. The first-order valence-corrected chi connectivity index (χ1v) is 12.3. The normalized spacial score (nSPS) is 20.2. The van der Waals surface area contributed by atoms with Crippen molar-refractivity contribution in [3.05, 3.63) is 53.7 Å². The van der Waals surface area contributed by atoms with Gasteiger partial charge in [0, 0.05) is 22.7 Å². The molecule has 1 saturated carbocycles. The van der Waals surface area contributed by atoms with E-state index in [2.05, 4.69) is 23.6 Å². The summed E-state index contributed by atoms with van der Waals surface area (Å²) in [6.07, 6.45) is 8.59. The third-order valence-electron chi connectivity index (χ3n) is 7.28. The van der Waals surface area contributed by atoms with E-state index in [-0.39, 0.29) is 11.8 Å². The lowest BCUT2D eigenvalue weighted by atomic mass is 9.82. The number of rotatable bonds is 5. The number of ether oxygens (including phenoxy) is 1. The summed E-state index contributed by atoms with van der Waals surface area (Å²) in [6, 6.07) is 14.1. The van der Waals surface area contributed by atoms with Gasteiger partial charge in [0.1, 0.15) is 5.75 Å². The van der Waals surface area contributed by atoms with E-state index in [0.29, 0.717) is 0 Å². The highest BCUT2D eigenvalue weighted by molar-refractivity contribution is 6.00. The van der Waals surface area contributed by atoms with Crippen LogP contribution in [0, 0.1) is 11.8 Å². The molecule has 5 rings (SSSR count). The summed E-state index contributed by atoms with van der Waals surface area (Å²) >= 11 is 0. The van der Waals surface area contributed by atoms with Gasteiger partial charge in [0.25, 0.3) is 0 Å². The quantitative estimate of drug-likeness (QED) is 0.464. The second-order valence-corrected chi connectivity index (χ2v) is 9.62. The molecular weight excluding hydrogens is 410 g/mol. The van der Waals surface area contributed by atoms with Gasteiger partial charge in [0.2, 0.25) is 5.91 Å². The molecule has 33 heavy (non-hydrogen) atoms. The number of aryl methyl sites for hydroxylation is 1. The highest BCUT2D eigenvalue weighted by atomic mass is 16.5. The topological polar surface area (TPSA) is 63.2 Å². The molecule has 0 radical (unpaired) electrons. The van der Waals surface area contributed by atoms with E-state index in [4.69, 9.17) is 9.72 Å². The van der Waals surface area contributed by atoms with Gasteiger partial charge in [-0.3, -0.25) is 9.78 Å². The minimum atomic E-state index is 0.115. The molecule has 0 aliphatic heterocycles. The lowest BCUT2D eigenvalue weighted by Gasteiger charge is -2.25. The largest absolute Gasteiger partial charge is 0.495 e. The number of para-hydroxylation sites is 2. The average molecular weight is 444 g/mol. The fraction of sp³-hybridized carbons (Fsp3) is 0.429. The highest BCUT2D eigenvalue weighted by Crippen LogP contribution is 2.38. The van der Waals surface area contributed by atoms with Crippen LogP contribution in [0.15, 0.2) is 42.5 Å². The number of anilines is 3. The lowest BCUT2D eigenvalue weighted by Crippen LogP contribution is -2.26. The molecule has 5 heteroatoms. The van der Waals surface area contributed by atoms with Gasteiger partial charge in [-0.15, -0.1) is 0 Å². The molecular formula is C28H33N3O2. The number of methoxy groups -OCH3 is 1. The summed E-state index contributed by atoms with van der Waals surface area (Å²) in [7, 11) is 1.69. The van der Waals surface area contributed by atoms with Crippen molar-refractivity contribution in [2.45, 2.75) is 58.3 Å². The molecule has 2 aliphatic carbocycles. The van der Waals surface area contributed by atoms with Crippen molar-refractivity contribution in [1.82, 2.24) is 4.98 Å². The van der Waals surface area contributed by atoms with Gasteiger partial charge in [0.05, 0.1) is 24.0 Å². The number of amides is 1. The highest BCUT2D eigenvalue weighted by Gasteiger charge is 2.25. The lowest BCUT2D eigenvalue weighted by molar-refractivity contribution is -0.121. The van der Waals surface area contributed by atoms with Crippen molar-refractivity contribution in [2.24, 2.45) is 11.8 Å². The Labute approximate surface area is 195 Å². The van der Waals surface area contributed by atoms with Gasteiger partial charge in [0.15, 0.2) is 0 Å². The Bertz CT molecular complexity index is 1170. The molecule has 1 heterocycles. The number of hydrogen-bond acceptors (Lipinski definition) is 4. The average Bonchev–Trinajstić information content (AvgIpc) is 2.85. The first-order chi connectivity index (χ1) is 16.1. The van der Waals surface area contributed by atoms with Crippen LogP contribution < -0.4 is 15.4 Å². The maximum absolute atomic E-state index is 12.9. The van der Waals surface area contributed by atoms with Crippen LogP contribution in [0.5, 0.6) is 5.75 Å². The summed E-state index contributed by atoms with van der Waals surface area (Å²) in [4.78, 5) is 17.9. The van der Waals surface area contributed by atoms with E-state index in [1.165, 1.54) is 17.7 Å². The second kappa shape index (κ2) is 9.42. The zero-order chi connectivity index (χ0) is 22.8. The minimum absolute atomic E-state index is 0.115. The van der Waals surface area contributed by atoms with E-state index in [9.17, 15) is 4.79 Å². The standard InChI is InChI=1S/C28H33N3O2/c1-18-11-13-19(14-12-18)28(32)29-20-15-16-24-22(17-20)27(21-7-3-4-8-23(21)30-24)31-25-9-5-6-10-26(25)33-2/h5-6,9-10,15-19H,3-4,7-8,11-14H2,1-2H3,(H,29,32)(H,30,31). The van der Waals surface area contributed by atoms with Gasteiger partial charge in [-0.2, -0.15) is 0 Å². The van der Waals surface area contributed by atoms with E-state index in [0.717, 1.165) is 84.6 Å². The monoisotopic (exact) mass is 443 g/mol. The molecule has 1 aromatic heterocycles. The summed E-state index contributed by atoms with van der Waals surface area (Å²) in [5, 5.41) is 7.90. The maximum Gasteiger partial charge on any atom is 0.227 e. The van der Waals surface area contributed by atoms with Gasteiger partial charge < -0.3 is 15.4 Å². The zero-order valence-corrected chi connectivity index (χ0v) is 19.6.